The summed E-state index contributed by atoms with van der Waals surface area (Å²) < 4.78 is 23.0. The normalized spacial score (nSPS) is 35.5. The number of amides is 1. The Morgan fingerprint density at radius 1 is 1.47 bits per heavy atom. The second-order valence-corrected chi connectivity index (χ2v) is 7.79. The molecular weight excluding hydrogens is 242 g/mol. The van der Waals surface area contributed by atoms with Gasteiger partial charge in [-0.3, -0.25) is 4.79 Å². The maximum Gasteiger partial charge on any atom is 0.223 e. The highest BCUT2D eigenvalue weighted by molar-refractivity contribution is 7.91. The molecule has 2 saturated heterocycles. The molecule has 98 valence electrons. The highest BCUT2D eigenvalue weighted by Crippen LogP contribution is 2.38. The van der Waals surface area contributed by atoms with Crippen LogP contribution in [0.4, 0.5) is 0 Å². The van der Waals surface area contributed by atoms with Crippen molar-refractivity contribution in [3.8, 4) is 0 Å². The van der Waals surface area contributed by atoms with Gasteiger partial charge in [0.25, 0.3) is 0 Å². The van der Waals surface area contributed by atoms with Crippen LogP contribution in [-0.4, -0.2) is 54.0 Å². The monoisotopic (exact) mass is 261 g/mol. The number of aliphatic hydroxyl groups excluding tert-OH is 1. The SMILES string of the molecule is CC1(C)C(CO)CC(=O)N1C1CCS(=O)(=O)C1. The summed E-state index contributed by atoms with van der Waals surface area (Å²) in [7, 11) is -2.99. The molecule has 6 heteroatoms. The van der Waals surface area contributed by atoms with E-state index in [0.717, 1.165) is 0 Å². The third-order valence-electron chi connectivity index (χ3n) is 4.10. The van der Waals surface area contributed by atoms with Crippen LogP contribution in [0.1, 0.15) is 26.7 Å². The fourth-order valence-electron chi connectivity index (χ4n) is 3.02. The molecule has 0 saturated carbocycles. The zero-order valence-electron chi connectivity index (χ0n) is 10.2. The van der Waals surface area contributed by atoms with Crippen LogP contribution in [0.3, 0.4) is 0 Å². The average molecular weight is 261 g/mol. The molecule has 2 unspecified atom stereocenters. The van der Waals surface area contributed by atoms with Crippen molar-refractivity contribution in [2.75, 3.05) is 18.1 Å². The van der Waals surface area contributed by atoms with E-state index in [2.05, 4.69) is 0 Å². The molecule has 0 bridgehead atoms. The lowest BCUT2D eigenvalue weighted by molar-refractivity contribution is -0.132. The molecule has 2 aliphatic rings. The largest absolute Gasteiger partial charge is 0.396 e. The molecule has 0 spiro atoms. The number of aliphatic hydroxyl groups is 1. The molecule has 5 nitrogen and oxygen atoms in total. The summed E-state index contributed by atoms with van der Waals surface area (Å²) in [5.41, 5.74) is -0.448. The summed E-state index contributed by atoms with van der Waals surface area (Å²) in [6.07, 6.45) is 0.843. The Morgan fingerprint density at radius 3 is 2.53 bits per heavy atom. The quantitative estimate of drug-likeness (QED) is 0.746. The molecule has 17 heavy (non-hydrogen) atoms. The first-order valence-corrected chi connectivity index (χ1v) is 7.73. The zero-order valence-corrected chi connectivity index (χ0v) is 11.0. The number of carbonyl (C=O) groups is 1. The van der Waals surface area contributed by atoms with Crippen LogP contribution in [0.5, 0.6) is 0 Å². The van der Waals surface area contributed by atoms with Crippen molar-refractivity contribution in [1.29, 1.82) is 0 Å². The van der Waals surface area contributed by atoms with E-state index >= 15 is 0 Å². The van der Waals surface area contributed by atoms with Crippen molar-refractivity contribution in [2.24, 2.45) is 5.92 Å². The van der Waals surface area contributed by atoms with Crippen LogP contribution in [0.25, 0.3) is 0 Å². The summed E-state index contributed by atoms with van der Waals surface area (Å²) in [6, 6.07) is -0.209. The number of carbonyl (C=O) groups excluding carboxylic acids is 1. The molecule has 0 aliphatic carbocycles. The molecule has 1 amide bonds. The summed E-state index contributed by atoms with van der Waals surface area (Å²) in [5.74, 6) is 0.108. The van der Waals surface area contributed by atoms with Gasteiger partial charge in [0, 0.05) is 30.5 Å². The summed E-state index contributed by atoms with van der Waals surface area (Å²) in [6.45, 7) is 3.78. The minimum atomic E-state index is -2.99. The molecule has 2 aliphatic heterocycles. The third-order valence-corrected chi connectivity index (χ3v) is 5.85. The average Bonchev–Trinajstić information content (AvgIpc) is 2.64. The van der Waals surface area contributed by atoms with Gasteiger partial charge >= 0.3 is 0 Å². The second kappa shape index (κ2) is 3.95. The number of hydrogen-bond donors (Lipinski definition) is 1. The molecule has 0 aromatic carbocycles. The standard InChI is InChI=1S/C11H19NO4S/c1-11(2)8(6-13)5-10(14)12(11)9-3-4-17(15,16)7-9/h8-9,13H,3-7H2,1-2H3. The van der Waals surface area contributed by atoms with Crippen molar-refractivity contribution < 1.29 is 18.3 Å². The number of sulfone groups is 1. The van der Waals surface area contributed by atoms with E-state index in [-0.39, 0.29) is 36.0 Å². The van der Waals surface area contributed by atoms with E-state index < -0.39 is 15.4 Å². The first kappa shape index (κ1) is 12.8. The van der Waals surface area contributed by atoms with Gasteiger partial charge in [-0.05, 0) is 20.3 Å². The van der Waals surface area contributed by atoms with Crippen molar-refractivity contribution in [3.63, 3.8) is 0 Å². The van der Waals surface area contributed by atoms with Gasteiger partial charge in [0.15, 0.2) is 9.84 Å². The van der Waals surface area contributed by atoms with E-state index in [1.807, 2.05) is 13.8 Å². The molecule has 2 fully saturated rings. The van der Waals surface area contributed by atoms with E-state index in [9.17, 15) is 18.3 Å². The van der Waals surface area contributed by atoms with E-state index in [1.165, 1.54) is 0 Å². The van der Waals surface area contributed by atoms with Gasteiger partial charge in [0.05, 0.1) is 11.5 Å². The molecule has 2 atom stereocenters. The van der Waals surface area contributed by atoms with Gasteiger partial charge in [0.2, 0.25) is 5.91 Å². The first-order valence-electron chi connectivity index (χ1n) is 5.91. The number of nitrogens with zero attached hydrogens (tertiary/aromatic N) is 1. The lowest BCUT2D eigenvalue weighted by Gasteiger charge is -2.39. The number of likely N-dealkylation sites (tertiary alicyclic amines) is 1. The van der Waals surface area contributed by atoms with Gasteiger partial charge in [-0.2, -0.15) is 0 Å². The van der Waals surface area contributed by atoms with Gasteiger partial charge < -0.3 is 10.0 Å². The van der Waals surface area contributed by atoms with E-state index in [0.29, 0.717) is 12.8 Å². The third kappa shape index (κ3) is 2.08. The summed E-state index contributed by atoms with van der Waals surface area (Å²) >= 11 is 0. The molecule has 2 heterocycles. The Balaban J connectivity index is 2.24. The molecule has 2 rings (SSSR count). The van der Waals surface area contributed by atoms with Crippen molar-refractivity contribution >= 4 is 15.7 Å². The van der Waals surface area contributed by atoms with Crippen LogP contribution in [0, 0.1) is 5.92 Å². The Hall–Kier alpha value is -0.620. The maximum absolute atomic E-state index is 12.0. The Labute approximate surface area is 102 Å². The van der Waals surface area contributed by atoms with Crippen LogP contribution < -0.4 is 0 Å². The summed E-state index contributed by atoms with van der Waals surface area (Å²) in [4.78, 5) is 13.7. The molecule has 0 radical (unpaired) electrons. The Kier molecular flexibility index (Phi) is 2.98. The number of hydrogen-bond acceptors (Lipinski definition) is 4. The predicted octanol–water partition coefficient (Wildman–Crippen LogP) is -0.207. The molecular formula is C11H19NO4S. The predicted molar refractivity (Wildman–Crippen MR) is 63.2 cm³/mol. The van der Waals surface area contributed by atoms with E-state index in [4.69, 9.17) is 0 Å². The van der Waals surface area contributed by atoms with Gasteiger partial charge in [-0.1, -0.05) is 0 Å². The van der Waals surface area contributed by atoms with Crippen LogP contribution >= 0.6 is 0 Å². The zero-order chi connectivity index (χ0) is 12.8. The highest BCUT2D eigenvalue weighted by atomic mass is 32.2. The van der Waals surface area contributed by atoms with Gasteiger partial charge in [-0.25, -0.2) is 8.42 Å². The van der Waals surface area contributed by atoms with Crippen molar-refractivity contribution in [1.82, 2.24) is 4.90 Å². The topological polar surface area (TPSA) is 74.7 Å². The summed E-state index contributed by atoms with van der Waals surface area (Å²) in [5, 5.41) is 9.29. The molecule has 0 aromatic heterocycles. The lowest BCUT2D eigenvalue weighted by Crippen LogP contribution is -2.51. The number of rotatable bonds is 2. The highest BCUT2D eigenvalue weighted by Gasteiger charge is 2.50. The fraction of sp³-hybridized carbons (Fsp3) is 0.909. The maximum atomic E-state index is 12.0. The van der Waals surface area contributed by atoms with Gasteiger partial charge in [0.1, 0.15) is 0 Å². The minimum Gasteiger partial charge on any atom is -0.396 e. The first-order chi connectivity index (χ1) is 7.78. The Morgan fingerprint density at radius 2 is 2.12 bits per heavy atom. The smallest absolute Gasteiger partial charge is 0.223 e. The van der Waals surface area contributed by atoms with Crippen LogP contribution in [0.15, 0.2) is 0 Å². The second-order valence-electron chi connectivity index (χ2n) is 5.56. The van der Waals surface area contributed by atoms with Crippen LogP contribution in [-0.2, 0) is 14.6 Å². The van der Waals surface area contributed by atoms with Crippen LogP contribution in [0.2, 0.25) is 0 Å². The van der Waals surface area contributed by atoms with Gasteiger partial charge in [-0.15, -0.1) is 0 Å². The van der Waals surface area contributed by atoms with Crippen molar-refractivity contribution in [2.45, 2.75) is 38.3 Å². The fourth-order valence-corrected chi connectivity index (χ4v) is 4.72. The molecule has 1 N–H and O–H groups in total. The molecule has 0 aromatic rings. The Bertz CT molecular complexity index is 429. The van der Waals surface area contributed by atoms with Crippen molar-refractivity contribution in [3.05, 3.63) is 0 Å². The lowest BCUT2D eigenvalue weighted by atomic mass is 9.88. The minimum absolute atomic E-state index is 0.0313. The van der Waals surface area contributed by atoms with E-state index in [1.54, 1.807) is 4.90 Å².